The zero-order valence-corrected chi connectivity index (χ0v) is 10.6. The first-order chi connectivity index (χ1) is 8.66. The fourth-order valence-corrected chi connectivity index (χ4v) is 1.80. The summed E-state index contributed by atoms with van der Waals surface area (Å²) in [6, 6.07) is 9.87. The normalized spacial score (nSPS) is 10.6. The van der Waals surface area contributed by atoms with Crippen molar-refractivity contribution in [2.45, 2.75) is 26.4 Å². The number of urea groups is 1. The fourth-order valence-electron chi connectivity index (χ4n) is 1.80. The molecular formula is C14H17N3O. The van der Waals surface area contributed by atoms with Crippen LogP contribution in [0.3, 0.4) is 0 Å². The molecule has 18 heavy (non-hydrogen) atoms. The minimum absolute atomic E-state index is 0.135. The lowest BCUT2D eigenvalue weighted by Gasteiger charge is -2.11. The predicted octanol–water partition coefficient (Wildman–Crippen LogP) is 2.44. The van der Waals surface area contributed by atoms with Gasteiger partial charge in [-0.05, 0) is 25.5 Å². The van der Waals surface area contributed by atoms with Gasteiger partial charge in [0, 0.05) is 24.2 Å². The second-order valence-electron chi connectivity index (χ2n) is 4.47. The standard InChI is InChI=1S/C14H17N3O/c1-10(2)17-14(18)16-9-12-6-3-5-11-7-4-8-15-13(11)12/h3-8,10H,9H2,1-2H3,(H2,16,17,18). The van der Waals surface area contributed by atoms with Crippen LogP contribution in [0, 0.1) is 0 Å². The van der Waals surface area contributed by atoms with Crippen molar-refractivity contribution in [1.82, 2.24) is 15.6 Å². The summed E-state index contributed by atoms with van der Waals surface area (Å²) in [4.78, 5) is 15.9. The van der Waals surface area contributed by atoms with E-state index in [1.54, 1.807) is 6.20 Å². The van der Waals surface area contributed by atoms with Crippen molar-refractivity contribution in [3.63, 3.8) is 0 Å². The second-order valence-corrected chi connectivity index (χ2v) is 4.47. The maximum atomic E-state index is 11.5. The van der Waals surface area contributed by atoms with Crippen LogP contribution in [0.25, 0.3) is 10.9 Å². The Hall–Kier alpha value is -2.10. The number of rotatable bonds is 3. The van der Waals surface area contributed by atoms with Gasteiger partial charge in [-0.15, -0.1) is 0 Å². The van der Waals surface area contributed by atoms with Crippen molar-refractivity contribution in [3.05, 3.63) is 42.1 Å². The molecule has 2 N–H and O–H groups in total. The fraction of sp³-hybridized carbons (Fsp3) is 0.286. The molecule has 4 nitrogen and oxygen atoms in total. The van der Waals surface area contributed by atoms with Gasteiger partial charge in [-0.1, -0.05) is 24.3 Å². The van der Waals surface area contributed by atoms with Crippen LogP contribution in [0.5, 0.6) is 0 Å². The highest BCUT2D eigenvalue weighted by Gasteiger charge is 2.05. The first-order valence-corrected chi connectivity index (χ1v) is 6.04. The number of nitrogens with zero attached hydrogens (tertiary/aromatic N) is 1. The van der Waals surface area contributed by atoms with E-state index in [1.807, 2.05) is 44.2 Å². The van der Waals surface area contributed by atoms with E-state index in [2.05, 4.69) is 15.6 Å². The van der Waals surface area contributed by atoms with Crippen LogP contribution in [-0.4, -0.2) is 17.1 Å². The number of pyridine rings is 1. The molecule has 2 amide bonds. The number of aromatic nitrogens is 1. The molecular weight excluding hydrogens is 226 g/mol. The van der Waals surface area contributed by atoms with E-state index in [-0.39, 0.29) is 12.1 Å². The molecule has 0 radical (unpaired) electrons. The molecule has 1 aromatic carbocycles. The molecule has 0 spiro atoms. The molecule has 4 heteroatoms. The second kappa shape index (κ2) is 5.49. The average molecular weight is 243 g/mol. The smallest absolute Gasteiger partial charge is 0.315 e. The molecule has 94 valence electrons. The number of nitrogens with one attached hydrogen (secondary N) is 2. The van der Waals surface area contributed by atoms with Crippen LogP contribution < -0.4 is 10.6 Å². The summed E-state index contributed by atoms with van der Waals surface area (Å²) in [7, 11) is 0. The van der Waals surface area contributed by atoms with Gasteiger partial charge in [0.05, 0.1) is 5.52 Å². The number of amides is 2. The number of benzene rings is 1. The number of hydrogen-bond acceptors (Lipinski definition) is 2. The Kier molecular flexibility index (Phi) is 3.77. The first kappa shape index (κ1) is 12.4. The number of fused-ring (bicyclic) bond motifs is 1. The van der Waals surface area contributed by atoms with E-state index < -0.39 is 0 Å². The van der Waals surface area contributed by atoms with E-state index in [4.69, 9.17) is 0 Å². The molecule has 0 bridgehead atoms. The summed E-state index contributed by atoms with van der Waals surface area (Å²) in [6.07, 6.45) is 1.76. The third-order valence-corrected chi connectivity index (χ3v) is 2.58. The molecule has 0 aliphatic heterocycles. The van der Waals surface area contributed by atoms with Crippen LogP contribution in [0.2, 0.25) is 0 Å². The van der Waals surface area contributed by atoms with E-state index >= 15 is 0 Å². The van der Waals surface area contributed by atoms with Crippen LogP contribution in [0.4, 0.5) is 4.79 Å². The summed E-state index contributed by atoms with van der Waals surface area (Å²) in [6.45, 7) is 4.34. The number of carbonyl (C=O) groups is 1. The lowest BCUT2D eigenvalue weighted by molar-refractivity contribution is 0.238. The van der Waals surface area contributed by atoms with Gasteiger partial charge >= 0.3 is 6.03 Å². The van der Waals surface area contributed by atoms with Crippen LogP contribution in [0.15, 0.2) is 36.5 Å². The van der Waals surface area contributed by atoms with Crippen molar-refractivity contribution < 1.29 is 4.79 Å². The van der Waals surface area contributed by atoms with Crippen molar-refractivity contribution in [3.8, 4) is 0 Å². The zero-order valence-electron chi connectivity index (χ0n) is 10.6. The topological polar surface area (TPSA) is 54.0 Å². The summed E-state index contributed by atoms with van der Waals surface area (Å²) >= 11 is 0. The average Bonchev–Trinajstić information content (AvgIpc) is 2.35. The molecule has 0 unspecified atom stereocenters. The Bertz CT molecular complexity index is 546. The van der Waals surface area contributed by atoms with E-state index in [1.165, 1.54) is 0 Å². The van der Waals surface area contributed by atoms with Gasteiger partial charge in [0.15, 0.2) is 0 Å². The lowest BCUT2D eigenvalue weighted by Crippen LogP contribution is -2.39. The molecule has 0 aliphatic rings. The van der Waals surface area contributed by atoms with Gasteiger partial charge in [0.2, 0.25) is 0 Å². The molecule has 0 fully saturated rings. The Morgan fingerprint density at radius 3 is 2.83 bits per heavy atom. The molecule has 0 aliphatic carbocycles. The minimum atomic E-state index is -0.155. The summed E-state index contributed by atoms with van der Waals surface area (Å²) in [5.74, 6) is 0. The molecule has 0 atom stereocenters. The Morgan fingerprint density at radius 1 is 1.28 bits per heavy atom. The number of para-hydroxylation sites is 1. The number of hydrogen-bond donors (Lipinski definition) is 2. The Balaban J connectivity index is 2.10. The third-order valence-electron chi connectivity index (χ3n) is 2.58. The Morgan fingerprint density at radius 2 is 2.06 bits per heavy atom. The minimum Gasteiger partial charge on any atom is -0.336 e. The third kappa shape index (κ3) is 2.97. The molecule has 2 aromatic rings. The van der Waals surface area contributed by atoms with Gasteiger partial charge in [-0.25, -0.2) is 4.79 Å². The predicted molar refractivity (Wildman–Crippen MR) is 72.3 cm³/mol. The molecule has 0 saturated heterocycles. The van der Waals surface area contributed by atoms with Gasteiger partial charge in [0.25, 0.3) is 0 Å². The quantitative estimate of drug-likeness (QED) is 0.870. The van der Waals surface area contributed by atoms with Crippen molar-refractivity contribution in [2.24, 2.45) is 0 Å². The zero-order chi connectivity index (χ0) is 13.0. The van der Waals surface area contributed by atoms with E-state index in [0.717, 1.165) is 16.5 Å². The van der Waals surface area contributed by atoms with Gasteiger partial charge in [-0.3, -0.25) is 4.98 Å². The maximum absolute atomic E-state index is 11.5. The molecule has 0 saturated carbocycles. The van der Waals surface area contributed by atoms with Crippen LogP contribution >= 0.6 is 0 Å². The van der Waals surface area contributed by atoms with E-state index in [0.29, 0.717) is 6.54 Å². The Labute approximate surface area is 106 Å². The molecule has 1 heterocycles. The molecule has 1 aromatic heterocycles. The van der Waals surface area contributed by atoms with Crippen LogP contribution in [0.1, 0.15) is 19.4 Å². The summed E-state index contributed by atoms with van der Waals surface area (Å²) < 4.78 is 0. The highest BCUT2D eigenvalue weighted by atomic mass is 16.2. The van der Waals surface area contributed by atoms with Crippen LogP contribution in [-0.2, 0) is 6.54 Å². The SMILES string of the molecule is CC(C)NC(=O)NCc1cccc2cccnc12. The summed E-state index contributed by atoms with van der Waals surface area (Å²) in [5.41, 5.74) is 1.96. The van der Waals surface area contributed by atoms with Crippen molar-refractivity contribution in [2.75, 3.05) is 0 Å². The maximum Gasteiger partial charge on any atom is 0.315 e. The lowest BCUT2D eigenvalue weighted by atomic mass is 10.1. The van der Waals surface area contributed by atoms with Gasteiger partial charge in [0.1, 0.15) is 0 Å². The van der Waals surface area contributed by atoms with E-state index in [9.17, 15) is 4.79 Å². The van der Waals surface area contributed by atoms with Gasteiger partial charge < -0.3 is 10.6 Å². The summed E-state index contributed by atoms with van der Waals surface area (Å²) in [5, 5.41) is 6.71. The highest BCUT2D eigenvalue weighted by Crippen LogP contribution is 2.15. The highest BCUT2D eigenvalue weighted by molar-refractivity contribution is 5.82. The first-order valence-electron chi connectivity index (χ1n) is 6.04. The van der Waals surface area contributed by atoms with Crippen molar-refractivity contribution in [1.29, 1.82) is 0 Å². The number of carbonyl (C=O) groups excluding carboxylic acids is 1. The van der Waals surface area contributed by atoms with Gasteiger partial charge in [-0.2, -0.15) is 0 Å². The van der Waals surface area contributed by atoms with Crippen molar-refractivity contribution >= 4 is 16.9 Å². The monoisotopic (exact) mass is 243 g/mol. The molecule has 2 rings (SSSR count). The largest absolute Gasteiger partial charge is 0.336 e.